The lowest BCUT2D eigenvalue weighted by atomic mass is 10.0. The van der Waals surface area contributed by atoms with Gasteiger partial charge in [0.1, 0.15) is 5.76 Å². The number of nitrogens with zero attached hydrogens (tertiary/aromatic N) is 4. The van der Waals surface area contributed by atoms with Crippen molar-refractivity contribution < 1.29 is 9.21 Å². The van der Waals surface area contributed by atoms with Gasteiger partial charge in [-0.05, 0) is 31.0 Å². The minimum absolute atomic E-state index is 0.0144. The molecular weight excluding hydrogens is 384 g/mol. The highest BCUT2D eigenvalue weighted by Gasteiger charge is 2.27. The van der Waals surface area contributed by atoms with E-state index in [4.69, 9.17) is 16.0 Å². The predicted octanol–water partition coefficient (Wildman–Crippen LogP) is 1.75. The van der Waals surface area contributed by atoms with Crippen molar-refractivity contribution in [2.45, 2.75) is 25.3 Å². The Morgan fingerprint density at radius 1 is 1.29 bits per heavy atom. The Morgan fingerprint density at radius 3 is 2.71 bits per heavy atom. The first-order chi connectivity index (χ1) is 13.5. The first kappa shape index (κ1) is 18.5. The Hall–Kier alpha value is -2.87. The van der Waals surface area contributed by atoms with E-state index in [2.05, 4.69) is 4.98 Å². The normalized spacial score (nSPS) is 15.3. The first-order valence-corrected chi connectivity index (χ1v) is 9.40. The molecule has 4 heterocycles. The van der Waals surface area contributed by atoms with E-state index in [1.165, 1.54) is 22.4 Å². The van der Waals surface area contributed by atoms with Crippen LogP contribution >= 0.6 is 11.6 Å². The summed E-state index contributed by atoms with van der Waals surface area (Å²) >= 11 is 6.02. The fraction of sp³-hybridized carbons (Fsp3) is 0.368. The fourth-order valence-electron chi connectivity index (χ4n) is 3.69. The molecule has 0 aromatic carbocycles. The largest absolute Gasteiger partial charge is 0.469 e. The average molecular weight is 403 g/mol. The summed E-state index contributed by atoms with van der Waals surface area (Å²) in [4.78, 5) is 43.6. The van der Waals surface area contributed by atoms with E-state index in [-0.39, 0.29) is 18.4 Å². The fourth-order valence-corrected chi connectivity index (χ4v) is 3.84. The molecule has 0 unspecified atom stereocenters. The Bertz CT molecular complexity index is 1140. The SMILES string of the molecule is Cn1c(=O)c(=O)n(C2CCN(C(=O)Cc3ccco3)CC2)c2ncc(Cl)cc21. The molecule has 3 aromatic rings. The van der Waals surface area contributed by atoms with Crippen LogP contribution in [0, 0.1) is 0 Å². The standard InChI is InChI=1S/C19H19ClN4O4/c1-22-15-9-12(20)11-21-17(15)24(19(27)18(22)26)13-4-6-23(7-5-13)16(25)10-14-3-2-8-28-14/h2-3,8-9,11,13H,4-7,10H2,1H3. The van der Waals surface area contributed by atoms with Crippen molar-refractivity contribution in [1.29, 1.82) is 0 Å². The number of furan rings is 1. The highest BCUT2D eigenvalue weighted by molar-refractivity contribution is 6.31. The van der Waals surface area contributed by atoms with Crippen LogP contribution in [0.15, 0.2) is 44.7 Å². The molecule has 0 aliphatic carbocycles. The van der Waals surface area contributed by atoms with Crippen LogP contribution in [-0.2, 0) is 18.3 Å². The molecule has 4 rings (SSSR count). The van der Waals surface area contributed by atoms with Gasteiger partial charge in [-0.15, -0.1) is 0 Å². The number of amides is 1. The van der Waals surface area contributed by atoms with Gasteiger partial charge in [0.25, 0.3) is 0 Å². The molecule has 146 valence electrons. The second kappa shape index (κ2) is 7.27. The van der Waals surface area contributed by atoms with Crippen LogP contribution in [0.5, 0.6) is 0 Å². The number of aryl methyl sites for hydroxylation is 1. The van der Waals surface area contributed by atoms with Crippen molar-refractivity contribution in [2.24, 2.45) is 7.05 Å². The zero-order valence-corrected chi connectivity index (χ0v) is 16.1. The van der Waals surface area contributed by atoms with Crippen molar-refractivity contribution in [3.05, 3.63) is 62.1 Å². The molecule has 9 heteroatoms. The molecule has 0 N–H and O–H groups in total. The number of piperidine rings is 1. The highest BCUT2D eigenvalue weighted by atomic mass is 35.5. The van der Waals surface area contributed by atoms with Crippen molar-refractivity contribution in [3.8, 4) is 0 Å². The summed E-state index contributed by atoms with van der Waals surface area (Å²) in [6, 6.07) is 4.95. The summed E-state index contributed by atoms with van der Waals surface area (Å²) < 4.78 is 7.97. The maximum Gasteiger partial charge on any atom is 0.318 e. The third-order valence-electron chi connectivity index (χ3n) is 5.20. The number of fused-ring (bicyclic) bond motifs is 1. The Kier molecular flexibility index (Phi) is 4.80. The monoisotopic (exact) mass is 402 g/mol. The Labute approximate surface area is 165 Å². The molecule has 1 amide bonds. The molecule has 0 saturated carbocycles. The first-order valence-electron chi connectivity index (χ1n) is 9.02. The summed E-state index contributed by atoms with van der Waals surface area (Å²) in [7, 11) is 1.53. The van der Waals surface area contributed by atoms with Crippen LogP contribution in [0.2, 0.25) is 5.02 Å². The summed E-state index contributed by atoms with van der Waals surface area (Å²) in [5.74, 6) is 0.612. The molecule has 1 saturated heterocycles. The molecule has 28 heavy (non-hydrogen) atoms. The molecule has 0 atom stereocenters. The molecule has 1 aliphatic heterocycles. The second-order valence-electron chi connectivity index (χ2n) is 6.90. The molecule has 0 spiro atoms. The molecule has 0 bridgehead atoms. The van der Waals surface area contributed by atoms with E-state index in [9.17, 15) is 14.4 Å². The molecule has 8 nitrogen and oxygen atoms in total. The molecular formula is C19H19ClN4O4. The van der Waals surface area contributed by atoms with Gasteiger partial charge in [0.15, 0.2) is 5.65 Å². The van der Waals surface area contributed by atoms with Crippen LogP contribution in [0.1, 0.15) is 24.6 Å². The van der Waals surface area contributed by atoms with Gasteiger partial charge in [-0.25, -0.2) is 4.98 Å². The van der Waals surface area contributed by atoms with Gasteiger partial charge < -0.3 is 13.9 Å². The van der Waals surface area contributed by atoms with Gasteiger partial charge in [-0.2, -0.15) is 0 Å². The maximum atomic E-state index is 12.7. The van der Waals surface area contributed by atoms with Crippen LogP contribution in [0.4, 0.5) is 0 Å². The zero-order valence-electron chi connectivity index (χ0n) is 15.3. The van der Waals surface area contributed by atoms with Crippen LogP contribution in [-0.4, -0.2) is 38.0 Å². The topological polar surface area (TPSA) is 90.3 Å². The van der Waals surface area contributed by atoms with Gasteiger partial charge in [-0.3, -0.25) is 19.0 Å². The third-order valence-corrected chi connectivity index (χ3v) is 5.40. The molecule has 0 radical (unpaired) electrons. The lowest BCUT2D eigenvalue weighted by Gasteiger charge is -2.33. The van der Waals surface area contributed by atoms with Gasteiger partial charge in [0, 0.05) is 32.4 Å². The third kappa shape index (κ3) is 3.24. The number of carbonyl (C=O) groups is 1. The van der Waals surface area contributed by atoms with Crippen LogP contribution in [0.25, 0.3) is 11.2 Å². The van der Waals surface area contributed by atoms with E-state index >= 15 is 0 Å². The van der Waals surface area contributed by atoms with E-state index in [0.717, 1.165) is 0 Å². The van der Waals surface area contributed by atoms with E-state index < -0.39 is 11.1 Å². The van der Waals surface area contributed by atoms with Crippen LogP contribution in [0.3, 0.4) is 0 Å². The number of halogens is 1. The van der Waals surface area contributed by atoms with Crippen molar-refractivity contribution in [1.82, 2.24) is 19.0 Å². The maximum absolute atomic E-state index is 12.7. The lowest BCUT2D eigenvalue weighted by Crippen LogP contribution is -2.46. The summed E-state index contributed by atoms with van der Waals surface area (Å²) in [5.41, 5.74) is -0.289. The molecule has 1 aliphatic rings. The van der Waals surface area contributed by atoms with Gasteiger partial charge >= 0.3 is 11.1 Å². The van der Waals surface area contributed by atoms with Crippen molar-refractivity contribution >= 4 is 28.7 Å². The van der Waals surface area contributed by atoms with Gasteiger partial charge in [0.05, 0.1) is 23.2 Å². The zero-order chi connectivity index (χ0) is 19.8. The molecule has 3 aromatic heterocycles. The van der Waals surface area contributed by atoms with E-state index in [1.807, 2.05) is 0 Å². The lowest BCUT2D eigenvalue weighted by molar-refractivity contribution is -0.132. The van der Waals surface area contributed by atoms with Crippen LogP contribution < -0.4 is 11.1 Å². The average Bonchev–Trinajstić information content (AvgIpc) is 3.20. The van der Waals surface area contributed by atoms with Crippen molar-refractivity contribution in [2.75, 3.05) is 13.1 Å². The van der Waals surface area contributed by atoms with Crippen molar-refractivity contribution in [3.63, 3.8) is 0 Å². The van der Waals surface area contributed by atoms with E-state index in [1.54, 1.807) is 29.4 Å². The number of aromatic nitrogens is 3. The number of pyridine rings is 1. The number of rotatable bonds is 3. The van der Waals surface area contributed by atoms with Gasteiger partial charge in [-0.1, -0.05) is 11.6 Å². The Morgan fingerprint density at radius 2 is 2.04 bits per heavy atom. The Balaban J connectivity index is 1.60. The summed E-state index contributed by atoms with van der Waals surface area (Å²) in [6.45, 7) is 1.00. The number of likely N-dealkylation sites (tertiary alicyclic amines) is 1. The van der Waals surface area contributed by atoms with Gasteiger partial charge in [0.2, 0.25) is 5.91 Å². The minimum Gasteiger partial charge on any atom is -0.469 e. The number of hydrogen-bond acceptors (Lipinski definition) is 5. The highest BCUT2D eigenvalue weighted by Crippen LogP contribution is 2.25. The summed E-state index contributed by atoms with van der Waals surface area (Å²) in [6.07, 6.45) is 4.35. The minimum atomic E-state index is -0.618. The molecule has 1 fully saturated rings. The number of carbonyl (C=O) groups excluding carboxylic acids is 1. The predicted molar refractivity (Wildman–Crippen MR) is 104 cm³/mol. The second-order valence-corrected chi connectivity index (χ2v) is 7.34. The van der Waals surface area contributed by atoms with E-state index in [0.29, 0.717) is 47.9 Å². The smallest absolute Gasteiger partial charge is 0.318 e. The summed E-state index contributed by atoms with van der Waals surface area (Å²) in [5, 5.41) is 0.394. The quantitative estimate of drug-likeness (QED) is 0.622. The number of hydrogen-bond donors (Lipinski definition) is 0.